The smallest absolute Gasteiger partial charge is 0.326 e. The summed E-state index contributed by atoms with van der Waals surface area (Å²) in [7, 11) is 0. The number of amides is 3. The molecule has 0 bridgehead atoms. The topological polar surface area (TPSA) is 281 Å². The van der Waals surface area contributed by atoms with Crippen LogP contribution in [0.25, 0.3) is 0 Å². The van der Waals surface area contributed by atoms with Gasteiger partial charge < -0.3 is 48.3 Å². The van der Waals surface area contributed by atoms with Crippen LogP contribution in [-0.2, 0) is 36.8 Å². The summed E-state index contributed by atoms with van der Waals surface area (Å²) in [5, 5.41) is 26.1. The quantitative estimate of drug-likeness (QED) is 0.0521. The second-order valence-corrected chi connectivity index (χ2v) is 9.48. The summed E-state index contributed by atoms with van der Waals surface area (Å²) in [5.41, 5.74) is 17.9. The van der Waals surface area contributed by atoms with Gasteiger partial charge in [0, 0.05) is 37.7 Å². The number of aromatic amines is 1. The van der Waals surface area contributed by atoms with Crippen LogP contribution in [0.1, 0.15) is 36.9 Å². The Morgan fingerprint density at radius 3 is 2.12 bits per heavy atom. The largest absolute Gasteiger partial charge is 0.481 e. The number of aliphatic carboxylic acids is 2. The minimum Gasteiger partial charge on any atom is -0.481 e. The fourth-order valence-corrected chi connectivity index (χ4v) is 3.91. The summed E-state index contributed by atoms with van der Waals surface area (Å²) in [6.45, 7) is 0.129. The third-order valence-electron chi connectivity index (χ3n) is 6.09. The number of aliphatic imine (C=N–C) groups is 1. The fourth-order valence-electron chi connectivity index (χ4n) is 3.91. The van der Waals surface area contributed by atoms with Crippen LogP contribution < -0.4 is 33.2 Å². The number of carboxylic acid groups (broad SMARTS) is 2. The molecule has 16 heteroatoms. The Balaban J connectivity index is 2.18. The number of carbonyl (C=O) groups excluding carboxylic acids is 3. The molecule has 1 aromatic heterocycles. The first-order valence-corrected chi connectivity index (χ1v) is 13.1. The molecular formula is C26H37N9O7. The van der Waals surface area contributed by atoms with E-state index in [4.69, 9.17) is 17.2 Å². The Labute approximate surface area is 241 Å². The van der Waals surface area contributed by atoms with Crippen molar-refractivity contribution in [1.29, 1.82) is 0 Å². The number of carbonyl (C=O) groups is 5. The Hall–Kier alpha value is -4.99. The van der Waals surface area contributed by atoms with Gasteiger partial charge in [0.1, 0.15) is 18.1 Å². The molecule has 2 rings (SSSR count). The van der Waals surface area contributed by atoms with E-state index in [1.165, 1.54) is 12.5 Å². The van der Waals surface area contributed by atoms with E-state index in [1.54, 1.807) is 30.3 Å². The number of hydrogen-bond donors (Lipinski definition) is 9. The maximum absolute atomic E-state index is 13.4. The summed E-state index contributed by atoms with van der Waals surface area (Å²) in [4.78, 5) is 72.9. The molecule has 0 fully saturated rings. The molecule has 0 aliphatic carbocycles. The first-order chi connectivity index (χ1) is 20.0. The minimum absolute atomic E-state index is 0.0294. The molecule has 0 spiro atoms. The molecule has 3 amide bonds. The molecule has 0 aliphatic heterocycles. The molecule has 0 radical (unpaired) electrons. The van der Waals surface area contributed by atoms with E-state index in [0.717, 1.165) is 0 Å². The van der Waals surface area contributed by atoms with Crippen molar-refractivity contribution in [2.75, 3.05) is 6.54 Å². The number of imidazole rings is 1. The highest BCUT2D eigenvalue weighted by molar-refractivity contribution is 5.94. The van der Waals surface area contributed by atoms with E-state index in [1.807, 2.05) is 0 Å². The number of nitrogens with two attached hydrogens (primary N) is 3. The summed E-state index contributed by atoms with van der Waals surface area (Å²) in [6.07, 6.45) is 2.47. The Kier molecular flexibility index (Phi) is 13.4. The zero-order valence-electron chi connectivity index (χ0n) is 22.9. The van der Waals surface area contributed by atoms with Crippen LogP contribution in [0.4, 0.5) is 0 Å². The van der Waals surface area contributed by atoms with Crippen molar-refractivity contribution < 1.29 is 34.2 Å². The molecule has 1 heterocycles. The Morgan fingerprint density at radius 1 is 0.881 bits per heavy atom. The number of guanidine groups is 1. The molecule has 228 valence electrons. The summed E-state index contributed by atoms with van der Waals surface area (Å²) >= 11 is 0. The van der Waals surface area contributed by atoms with Gasteiger partial charge in [0.25, 0.3) is 0 Å². The lowest BCUT2D eigenvalue weighted by Gasteiger charge is -2.25. The molecule has 12 N–H and O–H groups in total. The van der Waals surface area contributed by atoms with Gasteiger partial charge in [-0.1, -0.05) is 30.3 Å². The molecule has 16 nitrogen and oxygen atoms in total. The third kappa shape index (κ3) is 12.0. The molecule has 4 atom stereocenters. The first-order valence-electron chi connectivity index (χ1n) is 13.1. The molecule has 4 unspecified atom stereocenters. The van der Waals surface area contributed by atoms with E-state index in [2.05, 4.69) is 30.9 Å². The van der Waals surface area contributed by atoms with E-state index < -0.39 is 60.2 Å². The van der Waals surface area contributed by atoms with Crippen LogP contribution in [0.3, 0.4) is 0 Å². The number of hydrogen-bond acceptors (Lipinski definition) is 8. The van der Waals surface area contributed by atoms with Gasteiger partial charge in [-0.3, -0.25) is 24.2 Å². The minimum atomic E-state index is -1.41. The van der Waals surface area contributed by atoms with Crippen LogP contribution in [0.15, 0.2) is 47.8 Å². The predicted octanol–water partition coefficient (Wildman–Crippen LogP) is -2.02. The fraction of sp³-hybridized carbons (Fsp3) is 0.423. The highest BCUT2D eigenvalue weighted by Crippen LogP contribution is 2.08. The van der Waals surface area contributed by atoms with Crippen LogP contribution in [-0.4, -0.2) is 86.5 Å². The van der Waals surface area contributed by atoms with Crippen molar-refractivity contribution >= 4 is 35.6 Å². The van der Waals surface area contributed by atoms with Crippen LogP contribution in [0.5, 0.6) is 0 Å². The molecular weight excluding hydrogens is 550 g/mol. The van der Waals surface area contributed by atoms with Gasteiger partial charge in [-0.2, -0.15) is 0 Å². The summed E-state index contributed by atoms with van der Waals surface area (Å²) < 4.78 is 0. The van der Waals surface area contributed by atoms with Crippen molar-refractivity contribution in [3.63, 3.8) is 0 Å². The molecule has 1 aromatic carbocycles. The van der Waals surface area contributed by atoms with Gasteiger partial charge in [-0.05, 0) is 24.8 Å². The monoisotopic (exact) mass is 587 g/mol. The first kappa shape index (κ1) is 33.2. The average molecular weight is 588 g/mol. The van der Waals surface area contributed by atoms with Gasteiger partial charge >= 0.3 is 11.9 Å². The summed E-state index contributed by atoms with van der Waals surface area (Å²) in [6, 6.07) is 3.77. The van der Waals surface area contributed by atoms with E-state index in [9.17, 15) is 34.2 Å². The standard InChI is InChI=1S/C26H37N9O7/c27-17(12-16-13-30-14-32-16)22(38)35-20(11-15-5-2-1-3-6-15)24(40)33-18(8-9-21(36)37)23(39)34-19(25(41)42)7-4-10-31-26(28)29/h1-3,5-6,13-14,17-20H,4,7-12,27H2,(H,30,32)(H,33,40)(H,34,39)(H,35,38)(H,36,37)(H,41,42)(H4,28,29,31). The number of nitrogens with one attached hydrogen (secondary N) is 4. The Bertz CT molecular complexity index is 1220. The number of benzene rings is 1. The normalized spacial score (nSPS) is 13.5. The molecule has 2 aromatic rings. The lowest BCUT2D eigenvalue weighted by Crippen LogP contribution is -2.57. The van der Waals surface area contributed by atoms with Crippen LogP contribution >= 0.6 is 0 Å². The molecule has 0 saturated heterocycles. The van der Waals surface area contributed by atoms with E-state index >= 15 is 0 Å². The van der Waals surface area contributed by atoms with Gasteiger partial charge in [0.05, 0.1) is 12.4 Å². The average Bonchev–Trinajstić information content (AvgIpc) is 3.45. The van der Waals surface area contributed by atoms with Crippen molar-refractivity contribution in [3.05, 3.63) is 54.1 Å². The van der Waals surface area contributed by atoms with Gasteiger partial charge in [0.2, 0.25) is 17.7 Å². The van der Waals surface area contributed by atoms with Crippen molar-refractivity contribution in [3.8, 4) is 0 Å². The molecule has 0 aliphatic rings. The number of nitrogens with zero attached hydrogens (tertiary/aromatic N) is 2. The van der Waals surface area contributed by atoms with E-state index in [0.29, 0.717) is 11.3 Å². The lowest BCUT2D eigenvalue weighted by atomic mass is 10.0. The lowest BCUT2D eigenvalue weighted by molar-refractivity contribution is -0.143. The highest BCUT2D eigenvalue weighted by Gasteiger charge is 2.31. The van der Waals surface area contributed by atoms with Gasteiger partial charge in [-0.15, -0.1) is 0 Å². The second kappa shape index (κ2) is 17.0. The van der Waals surface area contributed by atoms with Crippen molar-refractivity contribution in [2.24, 2.45) is 22.2 Å². The van der Waals surface area contributed by atoms with Crippen molar-refractivity contribution in [2.45, 2.75) is 62.7 Å². The zero-order chi connectivity index (χ0) is 31.1. The highest BCUT2D eigenvalue weighted by atomic mass is 16.4. The third-order valence-corrected chi connectivity index (χ3v) is 6.09. The Morgan fingerprint density at radius 2 is 1.52 bits per heavy atom. The second-order valence-electron chi connectivity index (χ2n) is 9.48. The molecule has 0 saturated carbocycles. The molecule has 42 heavy (non-hydrogen) atoms. The number of rotatable bonds is 18. The maximum atomic E-state index is 13.4. The van der Waals surface area contributed by atoms with Crippen LogP contribution in [0, 0.1) is 0 Å². The number of carboxylic acids is 2. The maximum Gasteiger partial charge on any atom is 0.326 e. The van der Waals surface area contributed by atoms with E-state index in [-0.39, 0.29) is 44.6 Å². The number of H-pyrrole nitrogens is 1. The van der Waals surface area contributed by atoms with Gasteiger partial charge in [0.15, 0.2) is 5.96 Å². The predicted molar refractivity (Wildman–Crippen MR) is 151 cm³/mol. The summed E-state index contributed by atoms with van der Waals surface area (Å²) in [5.74, 6) is -5.06. The number of aromatic nitrogens is 2. The van der Waals surface area contributed by atoms with Crippen LogP contribution in [0.2, 0.25) is 0 Å². The van der Waals surface area contributed by atoms with Crippen molar-refractivity contribution in [1.82, 2.24) is 25.9 Å². The SMILES string of the molecule is NC(N)=NCCCC(NC(=O)C(CCC(=O)O)NC(=O)C(Cc1ccccc1)NC(=O)C(N)Cc1cnc[nH]1)C(=O)O. The van der Waals surface area contributed by atoms with Gasteiger partial charge in [-0.25, -0.2) is 9.78 Å². The zero-order valence-corrected chi connectivity index (χ0v) is 22.9.